The first-order chi connectivity index (χ1) is 12.2. The molecule has 3 aromatic rings. The van der Waals surface area contributed by atoms with Gasteiger partial charge in [-0.3, -0.25) is 4.79 Å². The molecule has 1 aromatic heterocycles. The van der Waals surface area contributed by atoms with Crippen LogP contribution < -0.4 is 10.3 Å². The molecule has 0 fully saturated rings. The van der Waals surface area contributed by atoms with Gasteiger partial charge in [0.25, 0.3) is 5.56 Å². The molecule has 136 valence electrons. The van der Waals surface area contributed by atoms with Crippen LogP contribution in [-0.2, 0) is 7.05 Å². The zero-order valence-electron chi connectivity index (χ0n) is 16.5. The molecule has 0 saturated heterocycles. The molecule has 0 spiro atoms. The molecular weight excluding hydrogens is 322 g/mol. The van der Waals surface area contributed by atoms with Crippen LogP contribution in [0.1, 0.15) is 38.3 Å². The predicted octanol–water partition coefficient (Wildman–Crippen LogP) is 5.39. The number of nitrogens with zero attached hydrogens (tertiary/aromatic N) is 1. The molecule has 1 heterocycles. The summed E-state index contributed by atoms with van der Waals surface area (Å²) in [6, 6.07) is 14.1. The zero-order chi connectivity index (χ0) is 19.1. The molecule has 3 rings (SSSR count). The number of rotatable bonds is 4. The van der Waals surface area contributed by atoms with Crippen molar-refractivity contribution in [2.45, 2.75) is 46.6 Å². The second-order valence-corrected chi connectivity index (χ2v) is 7.63. The van der Waals surface area contributed by atoms with E-state index in [-0.39, 0.29) is 11.2 Å². The highest BCUT2D eigenvalue weighted by atomic mass is 16.5. The van der Waals surface area contributed by atoms with E-state index in [4.69, 9.17) is 4.74 Å². The summed E-state index contributed by atoms with van der Waals surface area (Å²) < 4.78 is 7.87. The smallest absolute Gasteiger partial charge is 0.258 e. The summed E-state index contributed by atoms with van der Waals surface area (Å²) in [5.41, 5.74) is 4.61. The van der Waals surface area contributed by atoms with Crippen LogP contribution in [-0.4, -0.2) is 10.2 Å². The summed E-state index contributed by atoms with van der Waals surface area (Å²) >= 11 is 0. The molecular formula is C23H27NO2. The molecule has 3 nitrogen and oxygen atoms in total. The second-order valence-electron chi connectivity index (χ2n) is 7.63. The molecule has 0 aliphatic carbocycles. The number of pyridine rings is 1. The predicted molar refractivity (Wildman–Crippen MR) is 109 cm³/mol. The number of fused-ring (bicyclic) bond motifs is 1. The average Bonchev–Trinajstić information content (AvgIpc) is 2.58. The van der Waals surface area contributed by atoms with Crippen molar-refractivity contribution >= 4 is 10.9 Å². The molecule has 0 atom stereocenters. The van der Waals surface area contributed by atoms with Crippen LogP contribution in [0.15, 0.2) is 47.3 Å². The van der Waals surface area contributed by atoms with Crippen molar-refractivity contribution in [2.24, 2.45) is 7.05 Å². The first-order valence-electron chi connectivity index (χ1n) is 9.13. The van der Waals surface area contributed by atoms with Crippen molar-refractivity contribution in [3.05, 3.63) is 63.9 Å². The van der Waals surface area contributed by atoms with Gasteiger partial charge in [-0.25, -0.2) is 0 Å². The van der Waals surface area contributed by atoms with Gasteiger partial charge in [0.15, 0.2) is 0 Å². The molecule has 2 aromatic carbocycles. The zero-order valence-corrected chi connectivity index (χ0v) is 16.5. The van der Waals surface area contributed by atoms with E-state index in [1.54, 1.807) is 4.57 Å². The Morgan fingerprint density at radius 3 is 2.27 bits per heavy atom. The third-order valence-electron chi connectivity index (χ3n) is 5.15. The van der Waals surface area contributed by atoms with E-state index in [0.29, 0.717) is 0 Å². The maximum absolute atomic E-state index is 13.0. The maximum Gasteiger partial charge on any atom is 0.258 e. The van der Waals surface area contributed by atoms with Gasteiger partial charge < -0.3 is 9.30 Å². The van der Waals surface area contributed by atoms with E-state index < -0.39 is 0 Å². The Bertz CT molecular complexity index is 1010. The highest BCUT2D eigenvalue weighted by Gasteiger charge is 2.19. The van der Waals surface area contributed by atoms with Gasteiger partial charge in [-0.05, 0) is 80.5 Å². The number of para-hydroxylation sites is 1. The van der Waals surface area contributed by atoms with Gasteiger partial charge in [-0.15, -0.1) is 0 Å². The van der Waals surface area contributed by atoms with E-state index in [1.807, 2.05) is 63.4 Å². The first-order valence-corrected chi connectivity index (χ1v) is 9.13. The Hall–Kier alpha value is -2.55. The van der Waals surface area contributed by atoms with Crippen molar-refractivity contribution < 1.29 is 4.74 Å². The van der Waals surface area contributed by atoms with Crippen molar-refractivity contribution in [3.63, 3.8) is 0 Å². The fourth-order valence-electron chi connectivity index (χ4n) is 3.40. The van der Waals surface area contributed by atoms with Crippen LogP contribution in [0.5, 0.6) is 5.75 Å². The number of hydrogen-bond acceptors (Lipinski definition) is 2. The molecule has 0 amide bonds. The van der Waals surface area contributed by atoms with E-state index in [1.165, 1.54) is 0 Å². The molecule has 0 N–H and O–H groups in total. The van der Waals surface area contributed by atoms with Crippen LogP contribution in [0.2, 0.25) is 0 Å². The molecule has 0 saturated carbocycles. The minimum Gasteiger partial charge on any atom is -0.488 e. The lowest BCUT2D eigenvalue weighted by Gasteiger charge is -2.26. The molecule has 0 bridgehead atoms. The van der Waals surface area contributed by atoms with Crippen molar-refractivity contribution in [1.29, 1.82) is 0 Å². The lowest BCUT2D eigenvalue weighted by Crippen LogP contribution is -2.27. The van der Waals surface area contributed by atoms with E-state index in [2.05, 4.69) is 20.8 Å². The van der Waals surface area contributed by atoms with Gasteiger partial charge in [-0.2, -0.15) is 0 Å². The summed E-state index contributed by atoms with van der Waals surface area (Å²) in [6.45, 7) is 10.4. The molecule has 0 unspecified atom stereocenters. The summed E-state index contributed by atoms with van der Waals surface area (Å²) in [4.78, 5) is 13.0. The standard InChI is InChI=1S/C23H27NO2/c1-7-23(4,5)26-18-12-15(2)21(16(3)13-18)19-14-17-10-8-9-11-20(17)24(6)22(19)25/h8-14H,7H2,1-6H3. The van der Waals surface area contributed by atoms with Crippen LogP contribution in [0.25, 0.3) is 22.0 Å². The largest absolute Gasteiger partial charge is 0.488 e. The van der Waals surface area contributed by atoms with E-state index in [0.717, 1.165) is 45.3 Å². The molecule has 0 aliphatic rings. The second kappa shape index (κ2) is 6.64. The van der Waals surface area contributed by atoms with E-state index >= 15 is 0 Å². The summed E-state index contributed by atoms with van der Waals surface area (Å²) in [5.74, 6) is 0.855. The Balaban J connectivity index is 2.18. The maximum atomic E-state index is 13.0. The number of aromatic nitrogens is 1. The van der Waals surface area contributed by atoms with Crippen LogP contribution >= 0.6 is 0 Å². The molecule has 26 heavy (non-hydrogen) atoms. The number of aryl methyl sites for hydroxylation is 3. The Kier molecular flexibility index (Phi) is 4.66. The normalized spacial score (nSPS) is 11.8. The average molecular weight is 349 g/mol. The number of hydrogen-bond donors (Lipinski definition) is 0. The van der Waals surface area contributed by atoms with Crippen LogP contribution in [0.4, 0.5) is 0 Å². The van der Waals surface area contributed by atoms with E-state index in [9.17, 15) is 4.79 Å². The summed E-state index contributed by atoms with van der Waals surface area (Å²) in [7, 11) is 1.83. The summed E-state index contributed by atoms with van der Waals surface area (Å²) in [5, 5.41) is 1.07. The highest BCUT2D eigenvalue weighted by molar-refractivity contribution is 5.85. The molecule has 0 radical (unpaired) electrons. The minimum atomic E-state index is -0.209. The Labute approximate surface area is 155 Å². The monoisotopic (exact) mass is 349 g/mol. The Morgan fingerprint density at radius 1 is 1.04 bits per heavy atom. The molecule has 0 aliphatic heterocycles. The lowest BCUT2D eigenvalue weighted by molar-refractivity contribution is 0.105. The third kappa shape index (κ3) is 3.26. The van der Waals surface area contributed by atoms with Gasteiger partial charge in [-0.1, -0.05) is 25.1 Å². The fourth-order valence-corrected chi connectivity index (χ4v) is 3.40. The van der Waals surface area contributed by atoms with Crippen molar-refractivity contribution in [2.75, 3.05) is 0 Å². The third-order valence-corrected chi connectivity index (χ3v) is 5.15. The van der Waals surface area contributed by atoms with Crippen LogP contribution in [0, 0.1) is 13.8 Å². The van der Waals surface area contributed by atoms with Gasteiger partial charge in [0, 0.05) is 12.6 Å². The highest BCUT2D eigenvalue weighted by Crippen LogP contribution is 2.32. The van der Waals surface area contributed by atoms with Gasteiger partial charge >= 0.3 is 0 Å². The Morgan fingerprint density at radius 2 is 1.65 bits per heavy atom. The SMILES string of the molecule is CCC(C)(C)Oc1cc(C)c(-c2cc3ccccc3n(C)c2=O)c(C)c1. The minimum absolute atomic E-state index is 0.0254. The summed E-state index contributed by atoms with van der Waals surface area (Å²) in [6.07, 6.45) is 0.929. The number of benzene rings is 2. The van der Waals surface area contributed by atoms with Gasteiger partial charge in [0.05, 0.1) is 5.52 Å². The quantitative estimate of drug-likeness (QED) is 0.632. The van der Waals surface area contributed by atoms with Crippen LogP contribution in [0.3, 0.4) is 0 Å². The fraction of sp³-hybridized carbons (Fsp3) is 0.348. The van der Waals surface area contributed by atoms with Crippen molar-refractivity contribution in [3.8, 4) is 16.9 Å². The van der Waals surface area contributed by atoms with Gasteiger partial charge in [0.1, 0.15) is 11.4 Å². The van der Waals surface area contributed by atoms with Gasteiger partial charge in [0.2, 0.25) is 0 Å². The first kappa shape index (κ1) is 18.2. The van der Waals surface area contributed by atoms with Crippen molar-refractivity contribution in [1.82, 2.24) is 4.57 Å². The number of ether oxygens (including phenoxy) is 1. The topological polar surface area (TPSA) is 31.2 Å². The molecule has 3 heteroatoms. The lowest BCUT2D eigenvalue weighted by atomic mass is 9.95.